The number of hydrogen-bond acceptors (Lipinski definition) is 6. The summed E-state index contributed by atoms with van der Waals surface area (Å²) in [6.07, 6.45) is 2.96. The summed E-state index contributed by atoms with van der Waals surface area (Å²) in [6, 6.07) is 18.1. The number of methoxy groups -OCH3 is 1. The molecule has 0 saturated heterocycles. The lowest BCUT2D eigenvalue weighted by molar-refractivity contribution is 0.0962. The van der Waals surface area contributed by atoms with E-state index in [4.69, 9.17) is 4.74 Å². The zero-order valence-corrected chi connectivity index (χ0v) is 17.3. The minimum Gasteiger partial charge on any atom is -0.497 e. The maximum atomic E-state index is 12.8. The monoisotopic (exact) mass is 416 g/mol. The molecule has 7 heteroatoms. The Morgan fingerprint density at radius 3 is 2.63 bits per heavy atom. The second-order valence-corrected chi connectivity index (χ2v) is 8.26. The standard InChI is InChI=1S/C23H20N4O2S/c1-29-18-9-7-16(8-10-18)17-11-20-19(21(28)12-17)13-27-22(24-20)25-23(26-27)30-14-15-5-3-2-4-6-15/h2-10,13,17H,11-12,14H2,1H3. The van der Waals surface area contributed by atoms with Gasteiger partial charge in [0.1, 0.15) is 5.75 Å². The molecule has 1 aliphatic carbocycles. The Labute approximate surface area is 178 Å². The van der Waals surface area contributed by atoms with Gasteiger partial charge in [0.15, 0.2) is 5.78 Å². The van der Waals surface area contributed by atoms with E-state index in [0.717, 1.165) is 22.8 Å². The molecule has 1 aliphatic rings. The van der Waals surface area contributed by atoms with Gasteiger partial charge in [-0.25, -0.2) is 9.50 Å². The summed E-state index contributed by atoms with van der Waals surface area (Å²) in [5, 5.41) is 5.17. The molecule has 0 bridgehead atoms. The van der Waals surface area contributed by atoms with Gasteiger partial charge in [-0.05, 0) is 35.6 Å². The van der Waals surface area contributed by atoms with E-state index in [9.17, 15) is 4.79 Å². The molecule has 0 N–H and O–H groups in total. The minimum atomic E-state index is 0.0976. The van der Waals surface area contributed by atoms with Crippen LogP contribution >= 0.6 is 11.8 Å². The van der Waals surface area contributed by atoms with E-state index in [-0.39, 0.29) is 11.7 Å². The summed E-state index contributed by atoms with van der Waals surface area (Å²) >= 11 is 1.56. The first-order valence-electron chi connectivity index (χ1n) is 9.80. The molecule has 0 radical (unpaired) electrons. The number of aromatic nitrogens is 4. The predicted octanol–water partition coefficient (Wildman–Crippen LogP) is 4.34. The van der Waals surface area contributed by atoms with E-state index in [1.54, 1.807) is 29.6 Å². The van der Waals surface area contributed by atoms with E-state index in [1.165, 1.54) is 5.56 Å². The van der Waals surface area contributed by atoms with Crippen molar-refractivity contribution in [2.75, 3.05) is 7.11 Å². The highest BCUT2D eigenvalue weighted by Crippen LogP contribution is 2.33. The topological polar surface area (TPSA) is 69.4 Å². The smallest absolute Gasteiger partial charge is 0.253 e. The number of nitrogens with zero attached hydrogens (tertiary/aromatic N) is 4. The zero-order valence-electron chi connectivity index (χ0n) is 16.5. The average molecular weight is 417 g/mol. The fraction of sp³-hybridized carbons (Fsp3) is 0.217. The molecule has 5 rings (SSSR count). The van der Waals surface area contributed by atoms with Crippen LogP contribution in [-0.2, 0) is 12.2 Å². The van der Waals surface area contributed by atoms with Crippen molar-refractivity contribution in [3.8, 4) is 5.75 Å². The Balaban J connectivity index is 1.39. The number of Topliss-reactive ketones (excluding diaryl/α,β-unsaturated/α-hetero) is 1. The minimum absolute atomic E-state index is 0.0976. The van der Waals surface area contributed by atoms with Crippen molar-refractivity contribution in [2.45, 2.75) is 29.7 Å². The van der Waals surface area contributed by atoms with E-state index in [0.29, 0.717) is 29.3 Å². The summed E-state index contributed by atoms with van der Waals surface area (Å²) in [4.78, 5) is 22.1. The average Bonchev–Trinajstić information content (AvgIpc) is 3.19. The van der Waals surface area contributed by atoms with Gasteiger partial charge in [0.25, 0.3) is 5.78 Å². The molecule has 0 fully saturated rings. The van der Waals surface area contributed by atoms with Crippen LogP contribution in [0.2, 0.25) is 0 Å². The van der Waals surface area contributed by atoms with Gasteiger partial charge >= 0.3 is 0 Å². The van der Waals surface area contributed by atoms with Crippen LogP contribution in [0, 0.1) is 0 Å². The fourth-order valence-electron chi connectivity index (χ4n) is 3.76. The third-order valence-electron chi connectivity index (χ3n) is 5.36. The maximum Gasteiger partial charge on any atom is 0.253 e. The van der Waals surface area contributed by atoms with Crippen molar-refractivity contribution >= 4 is 23.3 Å². The molecule has 2 heterocycles. The Bertz CT molecular complexity index is 1210. The van der Waals surface area contributed by atoms with Crippen LogP contribution in [0.4, 0.5) is 0 Å². The van der Waals surface area contributed by atoms with Gasteiger partial charge < -0.3 is 4.74 Å². The van der Waals surface area contributed by atoms with Gasteiger partial charge in [0, 0.05) is 18.4 Å². The Morgan fingerprint density at radius 1 is 1.07 bits per heavy atom. The van der Waals surface area contributed by atoms with E-state index < -0.39 is 0 Å². The van der Waals surface area contributed by atoms with Crippen LogP contribution in [0.15, 0.2) is 66.0 Å². The van der Waals surface area contributed by atoms with Crippen LogP contribution in [0.25, 0.3) is 5.78 Å². The highest BCUT2D eigenvalue weighted by atomic mass is 32.2. The molecule has 0 saturated carbocycles. The molecule has 2 aromatic heterocycles. The zero-order chi connectivity index (χ0) is 20.5. The lowest BCUT2D eigenvalue weighted by Crippen LogP contribution is -2.21. The molecule has 4 aromatic rings. The molecule has 2 aromatic carbocycles. The number of hydrogen-bond donors (Lipinski definition) is 0. The number of ketones is 1. The number of rotatable bonds is 5. The number of carbonyl (C=O) groups is 1. The van der Waals surface area contributed by atoms with Gasteiger partial charge in [0.05, 0.1) is 18.4 Å². The van der Waals surface area contributed by atoms with Crippen LogP contribution in [0.5, 0.6) is 5.75 Å². The third-order valence-corrected chi connectivity index (χ3v) is 6.27. The molecule has 1 atom stereocenters. The van der Waals surface area contributed by atoms with Gasteiger partial charge in [-0.15, -0.1) is 5.10 Å². The molecule has 150 valence electrons. The van der Waals surface area contributed by atoms with Crippen LogP contribution in [-0.4, -0.2) is 32.5 Å². The number of thioether (sulfide) groups is 1. The van der Waals surface area contributed by atoms with E-state index in [1.807, 2.05) is 42.5 Å². The van der Waals surface area contributed by atoms with Gasteiger partial charge in [-0.2, -0.15) is 4.98 Å². The first-order valence-corrected chi connectivity index (χ1v) is 10.8. The number of fused-ring (bicyclic) bond motifs is 2. The number of benzene rings is 2. The molecule has 30 heavy (non-hydrogen) atoms. The molecule has 6 nitrogen and oxygen atoms in total. The quantitative estimate of drug-likeness (QED) is 0.451. The Morgan fingerprint density at radius 2 is 1.87 bits per heavy atom. The molecule has 0 spiro atoms. The fourth-order valence-corrected chi connectivity index (χ4v) is 4.54. The van der Waals surface area contributed by atoms with Crippen LogP contribution in [0.1, 0.15) is 39.5 Å². The normalized spacial score (nSPS) is 15.9. The van der Waals surface area contributed by atoms with Gasteiger partial charge in [0.2, 0.25) is 5.16 Å². The summed E-state index contributed by atoms with van der Waals surface area (Å²) in [5.74, 6) is 2.34. The van der Waals surface area contributed by atoms with Crippen molar-refractivity contribution in [1.29, 1.82) is 0 Å². The second-order valence-electron chi connectivity index (χ2n) is 7.32. The van der Waals surface area contributed by atoms with E-state index >= 15 is 0 Å². The molecular weight excluding hydrogens is 396 g/mol. The lowest BCUT2D eigenvalue weighted by Gasteiger charge is -2.23. The summed E-state index contributed by atoms with van der Waals surface area (Å²) < 4.78 is 6.86. The van der Waals surface area contributed by atoms with Crippen molar-refractivity contribution in [1.82, 2.24) is 19.6 Å². The molecule has 0 amide bonds. The SMILES string of the molecule is COc1ccc(C2CC(=O)c3cn4nc(SCc5ccccc5)nc4nc3C2)cc1. The molecular formula is C23H20N4O2S. The highest BCUT2D eigenvalue weighted by molar-refractivity contribution is 7.98. The van der Waals surface area contributed by atoms with Crippen molar-refractivity contribution in [3.63, 3.8) is 0 Å². The number of carbonyl (C=O) groups excluding carboxylic acids is 1. The van der Waals surface area contributed by atoms with Crippen molar-refractivity contribution in [2.24, 2.45) is 0 Å². The van der Waals surface area contributed by atoms with Crippen LogP contribution < -0.4 is 4.74 Å². The molecule has 0 aliphatic heterocycles. The van der Waals surface area contributed by atoms with Crippen molar-refractivity contribution in [3.05, 3.63) is 83.2 Å². The first kappa shape index (κ1) is 18.8. The highest BCUT2D eigenvalue weighted by Gasteiger charge is 2.28. The Hall–Kier alpha value is -3.19. The lowest BCUT2D eigenvalue weighted by atomic mass is 9.82. The predicted molar refractivity (Wildman–Crippen MR) is 115 cm³/mol. The summed E-state index contributed by atoms with van der Waals surface area (Å²) in [7, 11) is 1.65. The summed E-state index contributed by atoms with van der Waals surface area (Å²) in [5.41, 5.74) is 3.78. The number of ether oxygens (including phenoxy) is 1. The van der Waals surface area contributed by atoms with Gasteiger partial charge in [-0.3, -0.25) is 4.79 Å². The molecule has 1 unspecified atom stereocenters. The largest absolute Gasteiger partial charge is 0.497 e. The van der Waals surface area contributed by atoms with Gasteiger partial charge in [-0.1, -0.05) is 54.2 Å². The first-order chi connectivity index (χ1) is 14.7. The summed E-state index contributed by atoms with van der Waals surface area (Å²) in [6.45, 7) is 0. The van der Waals surface area contributed by atoms with Crippen LogP contribution in [0.3, 0.4) is 0 Å². The second kappa shape index (κ2) is 7.91. The van der Waals surface area contributed by atoms with E-state index in [2.05, 4.69) is 27.2 Å². The third kappa shape index (κ3) is 3.68. The van der Waals surface area contributed by atoms with Crippen molar-refractivity contribution < 1.29 is 9.53 Å². The maximum absolute atomic E-state index is 12.8. The Kier molecular flexibility index (Phi) is 4.96.